The van der Waals surface area contributed by atoms with Crippen molar-refractivity contribution >= 4 is 31.8 Å². The van der Waals surface area contributed by atoms with E-state index in [1.54, 1.807) is 0 Å². The van der Waals surface area contributed by atoms with Crippen molar-refractivity contribution in [3.05, 3.63) is 16.7 Å². The first-order chi connectivity index (χ1) is 8.22. The van der Waals surface area contributed by atoms with Crippen molar-refractivity contribution in [2.24, 2.45) is 5.92 Å². The van der Waals surface area contributed by atoms with Crippen LogP contribution in [-0.2, 0) is 10.0 Å². The quantitative estimate of drug-likeness (QED) is 0.881. The molecule has 0 aliphatic heterocycles. The predicted octanol–water partition coefficient (Wildman–Crippen LogP) is 1.89. The maximum absolute atomic E-state index is 12.3. The van der Waals surface area contributed by atoms with E-state index >= 15 is 0 Å². The first-order valence-electron chi connectivity index (χ1n) is 5.67. The number of pyridine rings is 1. The molecule has 0 atom stereocenters. The molecule has 0 spiro atoms. The minimum atomic E-state index is -3.64. The zero-order valence-electron chi connectivity index (χ0n) is 10.3. The van der Waals surface area contributed by atoms with Gasteiger partial charge in [0.1, 0.15) is 10.7 Å². The Kier molecular flexibility index (Phi) is 3.42. The van der Waals surface area contributed by atoms with Gasteiger partial charge in [0.25, 0.3) is 0 Å². The van der Waals surface area contributed by atoms with Crippen LogP contribution in [0.2, 0.25) is 0 Å². The molecule has 1 saturated carbocycles. The number of nitrogens with one attached hydrogen (secondary N) is 1. The second kappa shape index (κ2) is 4.47. The van der Waals surface area contributed by atoms with Crippen molar-refractivity contribution in [3.8, 4) is 0 Å². The standard InChI is InChI=1S/C11H16BrN3O2S/c1-11(2,7-3-4-7)15-18(16,17)9-5-8(12)6-14-10(9)13/h5-7,15H,3-4H2,1-2H3,(H2,13,14). The number of hydrogen-bond acceptors (Lipinski definition) is 4. The summed E-state index contributed by atoms with van der Waals surface area (Å²) in [7, 11) is -3.64. The van der Waals surface area contributed by atoms with Gasteiger partial charge in [-0.2, -0.15) is 0 Å². The van der Waals surface area contributed by atoms with Gasteiger partial charge in [-0.3, -0.25) is 0 Å². The molecule has 0 unspecified atom stereocenters. The highest BCUT2D eigenvalue weighted by molar-refractivity contribution is 9.10. The Bertz CT molecular complexity index is 568. The van der Waals surface area contributed by atoms with Crippen LogP contribution in [-0.4, -0.2) is 18.9 Å². The van der Waals surface area contributed by atoms with Crippen LogP contribution in [0.3, 0.4) is 0 Å². The summed E-state index contributed by atoms with van der Waals surface area (Å²) in [5.41, 5.74) is 5.18. The van der Waals surface area contributed by atoms with Crippen LogP contribution in [0.5, 0.6) is 0 Å². The molecule has 5 nitrogen and oxygen atoms in total. The summed E-state index contributed by atoms with van der Waals surface area (Å²) in [6, 6.07) is 1.47. The van der Waals surface area contributed by atoms with Crippen molar-refractivity contribution in [1.29, 1.82) is 0 Å². The zero-order valence-corrected chi connectivity index (χ0v) is 12.7. The second-order valence-corrected chi connectivity index (χ2v) is 7.70. The van der Waals surface area contributed by atoms with Gasteiger partial charge in [0.15, 0.2) is 0 Å². The molecular weight excluding hydrogens is 318 g/mol. The van der Waals surface area contributed by atoms with Crippen LogP contribution in [0, 0.1) is 5.92 Å². The van der Waals surface area contributed by atoms with Gasteiger partial charge < -0.3 is 5.73 Å². The molecule has 3 N–H and O–H groups in total. The zero-order chi connectivity index (χ0) is 13.6. The fourth-order valence-corrected chi connectivity index (χ4v) is 4.00. The van der Waals surface area contributed by atoms with E-state index in [0.717, 1.165) is 12.8 Å². The van der Waals surface area contributed by atoms with E-state index in [9.17, 15) is 8.42 Å². The second-order valence-electron chi connectivity index (χ2n) is 5.14. The maximum Gasteiger partial charge on any atom is 0.244 e. The Morgan fingerprint density at radius 2 is 2.11 bits per heavy atom. The Hall–Kier alpha value is -0.660. The molecule has 1 aliphatic carbocycles. The van der Waals surface area contributed by atoms with E-state index in [2.05, 4.69) is 25.6 Å². The predicted molar refractivity (Wildman–Crippen MR) is 73.5 cm³/mol. The minimum Gasteiger partial charge on any atom is -0.383 e. The van der Waals surface area contributed by atoms with Crippen molar-refractivity contribution in [2.75, 3.05) is 5.73 Å². The Morgan fingerprint density at radius 3 is 2.67 bits per heavy atom. The Balaban J connectivity index is 2.33. The molecular formula is C11H16BrN3O2S. The maximum atomic E-state index is 12.3. The van der Waals surface area contributed by atoms with Crippen LogP contribution in [0.25, 0.3) is 0 Å². The summed E-state index contributed by atoms with van der Waals surface area (Å²) >= 11 is 3.20. The first kappa shape index (κ1) is 13.8. The lowest BCUT2D eigenvalue weighted by molar-refractivity contribution is 0.400. The average molecular weight is 334 g/mol. The minimum absolute atomic E-state index is 0.0114. The molecule has 1 aromatic rings. The fraction of sp³-hybridized carbons (Fsp3) is 0.545. The van der Waals surface area contributed by atoms with Gasteiger partial charge in [0.2, 0.25) is 10.0 Å². The molecule has 0 radical (unpaired) electrons. The molecule has 18 heavy (non-hydrogen) atoms. The van der Waals surface area contributed by atoms with Gasteiger partial charge in [-0.25, -0.2) is 18.1 Å². The SMILES string of the molecule is CC(C)(NS(=O)(=O)c1cc(Br)cnc1N)C1CC1. The molecule has 0 bridgehead atoms. The third-order valence-electron chi connectivity index (χ3n) is 3.13. The van der Waals surface area contributed by atoms with Gasteiger partial charge in [-0.1, -0.05) is 0 Å². The molecule has 0 aromatic carbocycles. The number of anilines is 1. The third kappa shape index (κ3) is 2.84. The molecule has 1 aromatic heterocycles. The van der Waals surface area contributed by atoms with Crippen LogP contribution >= 0.6 is 15.9 Å². The molecule has 1 fully saturated rings. The van der Waals surface area contributed by atoms with Crippen molar-refractivity contribution < 1.29 is 8.42 Å². The third-order valence-corrected chi connectivity index (χ3v) is 5.27. The number of halogens is 1. The highest BCUT2D eigenvalue weighted by Crippen LogP contribution is 2.40. The van der Waals surface area contributed by atoms with Gasteiger partial charge in [0, 0.05) is 16.2 Å². The number of hydrogen-bond donors (Lipinski definition) is 2. The van der Waals surface area contributed by atoms with Crippen LogP contribution in [0.15, 0.2) is 21.6 Å². The van der Waals surface area contributed by atoms with Crippen molar-refractivity contribution in [2.45, 2.75) is 37.1 Å². The van der Waals surface area contributed by atoms with E-state index in [1.807, 2.05) is 13.8 Å². The summed E-state index contributed by atoms with van der Waals surface area (Å²) in [5, 5.41) is 0. The molecule has 100 valence electrons. The number of nitrogen functional groups attached to an aromatic ring is 1. The van der Waals surface area contributed by atoms with Gasteiger partial charge in [-0.05, 0) is 54.6 Å². The molecule has 2 rings (SSSR count). The number of nitrogens with two attached hydrogens (primary N) is 1. The highest BCUT2D eigenvalue weighted by Gasteiger charge is 2.41. The lowest BCUT2D eigenvalue weighted by atomic mass is 10.0. The molecule has 0 saturated heterocycles. The summed E-state index contributed by atoms with van der Waals surface area (Å²) in [4.78, 5) is 3.87. The topological polar surface area (TPSA) is 85.1 Å². The Labute approximate surface area is 115 Å². The van der Waals surface area contributed by atoms with Gasteiger partial charge in [0.05, 0.1) is 0 Å². The molecule has 1 heterocycles. The van der Waals surface area contributed by atoms with Gasteiger partial charge >= 0.3 is 0 Å². The monoisotopic (exact) mass is 333 g/mol. The fourth-order valence-electron chi connectivity index (χ4n) is 1.94. The number of rotatable bonds is 4. The van der Waals surface area contributed by atoms with Crippen molar-refractivity contribution in [1.82, 2.24) is 9.71 Å². The van der Waals surface area contributed by atoms with Gasteiger partial charge in [-0.15, -0.1) is 0 Å². The largest absolute Gasteiger partial charge is 0.383 e. The molecule has 1 aliphatic rings. The van der Waals surface area contributed by atoms with E-state index < -0.39 is 15.6 Å². The average Bonchev–Trinajstić information content (AvgIpc) is 3.03. The number of nitrogens with zero attached hydrogens (tertiary/aromatic N) is 1. The van der Waals surface area contributed by atoms with E-state index in [0.29, 0.717) is 10.4 Å². The summed E-state index contributed by atoms with van der Waals surface area (Å²) in [5.74, 6) is 0.408. The van der Waals surface area contributed by atoms with Crippen molar-refractivity contribution in [3.63, 3.8) is 0 Å². The lowest BCUT2D eigenvalue weighted by Gasteiger charge is -2.26. The molecule has 0 amide bonds. The molecule has 7 heteroatoms. The lowest BCUT2D eigenvalue weighted by Crippen LogP contribution is -2.45. The van der Waals surface area contributed by atoms with E-state index in [4.69, 9.17) is 5.73 Å². The summed E-state index contributed by atoms with van der Waals surface area (Å²) in [6.45, 7) is 3.79. The van der Waals surface area contributed by atoms with Crippen LogP contribution in [0.4, 0.5) is 5.82 Å². The Morgan fingerprint density at radius 1 is 1.50 bits per heavy atom. The summed E-state index contributed by atoms with van der Waals surface area (Å²) < 4.78 is 27.9. The smallest absolute Gasteiger partial charge is 0.244 e. The number of sulfonamides is 1. The highest BCUT2D eigenvalue weighted by atomic mass is 79.9. The first-order valence-corrected chi connectivity index (χ1v) is 7.95. The summed E-state index contributed by atoms with van der Waals surface area (Å²) in [6.07, 6.45) is 3.59. The number of aromatic nitrogens is 1. The van der Waals surface area contributed by atoms with E-state index in [-0.39, 0.29) is 10.7 Å². The normalized spacial score (nSPS) is 16.8. The van der Waals surface area contributed by atoms with Crippen LogP contribution in [0.1, 0.15) is 26.7 Å². The van der Waals surface area contributed by atoms with E-state index in [1.165, 1.54) is 12.3 Å². The van der Waals surface area contributed by atoms with Crippen LogP contribution < -0.4 is 10.5 Å².